The minimum atomic E-state index is -0.500. The third kappa shape index (κ3) is 1.14. The van der Waals surface area contributed by atoms with E-state index in [0.29, 0.717) is 5.92 Å². The predicted molar refractivity (Wildman–Crippen MR) is 42.2 cm³/mol. The van der Waals surface area contributed by atoms with Crippen LogP contribution < -0.4 is 0 Å². The lowest BCUT2D eigenvalue weighted by Crippen LogP contribution is -2.11. The molecule has 1 atom stereocenters. The number of carbonyl (C=O) groups is 1. The van der Waals surface area contributed by atoms with Crippen LogP contribution in [0.4, 0.5) is 0 Å². The molecule has 66 valence electrons. The van der Waals surface area contributed by atoms with Crippen LogP contribution in [0.15, 0.2) is 11.1 Å². The standard InChI is InChI=1S/C9H12O3/c10-5-12-9(11)8-4-6-1-2-7(8)3-6/h6,10H,1-5H2. The summed E-state index contributed by atoms with van der Waals surface area (Å²) in [5.74, 6) is 0.371. The molecule has 12 heavy (non-hydrogen) atoms. The second kappa shape index (κ2) is 2.90. The topological polar surface area (TPSA) is 46.5 Å². The summed E-state index contributed by atoms with van der Waals surface area (Å²) >= 11 is 0. The summed E-state index contributed by atoms with van der Waals surface area (Å²) in [6.07, 6.45) is 4.23. The van der Waals surface area contributed by atoms with Gasteiger partial charge in [-0.15, -0.1) is 0 Å². The van der Waals surface area contributed by atoms with E-state index in [2.05, 4.69) is 4.74 Å². The molecule has 0 amide bonds. The third-order valence-electron chi connectivity index (χ3n) is 2.75. The average molecular weight is 168 g/mol. The molecule has 0 saturated heterocycles. The van der Waals surface area contributed by atoms with Crippen LogP contribution in [0.3, 0.4) is 0 Å². The summed E-state index contributed by atoms with van der Waals surface area (Å²) in [4.78, 5) is 11.2. The Morgan fingerprint density at radius 1 is 1.58 bits per heavy atom. The van der Waals surface area contributed by atoms with Crippen molar-refractivity contribution in [2.45, 2.75) is 25.7 Å². The highest BCUT2D eigenvalue weighted by Gasteiger charge is 2.33. The van der Waals surface area contributed by atoms with Gasteiger partial charge in [0.1, 0.15) is 0 Å². The van der Waals surface area contributed by atoms with Crippen LogP contribution in [0.2, 0.25) is 0 Å². The molecule has 2 aliphatic carbocycles. The molecule has 2 rings (SSSR count). The Kier molecular flexibility index (Phi) is 1.89. The Morgan fingerprint density at radius 3 is 2.92 bits per heavy atom. The first-order valence-electron chi connectivity index (χ1n) is 4.30. The van der Waals surface area contributed by atoms with E-state index in [-0.39, 0.29) is 5.97 Å². The number of allylic oxidation sites excluding steroid dienone is 1. The molecule has 1 unspecified atom stereocenters. The lowest BCUT2D eigenvalue weighted by molar-refractivity contribution is -0.147. The minimum absolute atomic E-state index is 0.310. The first-order chi connectivity index (χ1) is 5.81. The number of ether oxygens (including phenoxy) is 1. The van der Waals surface area contributed by atoms with E-state index in [4.69, 9.17) is 5.11 Å². The van der Waals surface area contributed by atoms with Gasteiger partial charge >= 0.3 is 5.97 Å². The first kappa shape index (κ1) is 7.80. The van der Waals surface area contributed by atoms with Gasteiger partial charge in [0.15, 0.2) is 6.79 Å². The van der Waals surface area contributed by atoms with Crippen LogP contribution in [0.1, 0.15) is 25.7 Å². The van der Waals surface area contributed by atoms with Crippen molar-refractivity contribution in [1.82, 2.24) is 0 Å². The highest BCUT2D eigenvalue weighted by atomic mass is 16.6. The molecule has 0 heterocycles. The monoisotopic (exact) mass is 168 g/mol. The van der Waals surface area contributed by atoms with E-state index in [1.165, 1.54) is 12.0 Å². The number of esters is 1. The summed E-state index contributed by atoms with van der Waals surface area (Å²) in [6, 6.07) is 0. The maximum atomic E-state index is 11.2. The molecule has 0 aliphatic heterocycles. The van der Waals surface area contributed by atoms with E-state index in [1.54, 1.807) is 0 Å². The molecule has 0 aromatic carbocycles. The maximum Gasteiger partial charge on any atom is 0.336 e. The van der Waals surface area contributed by atoms with Gasteiger partial charge in [0.2, 0.25) is 0 Å². The lowest BCUT2D eigenvalue weighted by atomic mass is 9.99. The van der Waals surface area contributed by atoms with Gasteiger partial charge in [0.25, 0.3) is 0 Å². The zero-order valence-electron chi connectivity index (χ0n) is 6.88. The Balaban J connectivity index is 2.09. The van der Waals surface area contributed by atoms with Crippen LogP contribution in [-0.4, -0.2) is 17.9 Å². The normalized spacial score (nSPS) is 26.6. The highest BCUT2D eigenvalue weighted by molar-refractivity contribution is 5.90. The van der Waals surface area contributed by atoms with E-state index < -0.39 is 6.79 Å². The van der Waals surface area contributed by atoms with Gasteiger partial charge < -0.3 is 9.84 Å². The summed E-state index contributed by atoms with van der Waals surface area (Å²) < 4.78 is 4.54. The summed E-state index contributed by atoms with van der Waals surface area (Å²) in [5, 5.41) is 8.40. The van der Waals surface area contributed by atoms with Gasteiger partial charge in [-0.25, -0.2) is 4.79 Å². The number of hydrogen-bond acceptors (Lipinski definition) is 3. The molecule has 3 heteroatoms. The second-order valence-corrected chi connectivity index (χ2v) is 3.46. The van der Waals surface area contributed by atoms with Gasteiger partial charge in [0, 0.05) is 5.57 Å². The quantitative estimate of drug-likeness (QED) is 0.494. The van der Waals surface area contributed by atoms with Gasteiger partial charge in [-0.3, -0.25) is 0 Å². The van der Waals surface area contributed by atoms with Crippen molar-refractivity contribution in [3.63, 3.8) is 0 Å². The van der Waals surface area contributed by atoms with Crippen LogP contribution in [0.25, 0.3) is 0 Å². The van der Waals surface area contributed by atoms with Crippen LogP contribution >= 0.6 is 0 Å². The summed E-state index contributed by atoms with van der Waals surface area (Å²) in [5.41, 5.74) is 2.10. The molecule has 1 saturated carbocycles. The average Bonchev–Trinajstić information content (AvgIpc) is 2.64. The molecule has 0 spiro atoms. The molecule has 0 radical (unpaired) electrons. The molecule has 1 N–H and O–H groups in total. The first-order valence-corrected chi connectivity index (χ1v) is 4.30. The zero-order chi connectivity index (χ0) is 8.55. The number of rotatable bonds is 2. The van der Waals surface area contributed by atoms with Crippen molar-refractivity contribution >= 4 is 5.97 Å². The van der Waals surface area contributed by atoms with Gasteiger partial charge in [-0.05, 0) is 31.6 Å². The maximum absolute atomic E-state index is 11.2. The SMILES string of the molecule is O=C(OCO)C1=C2CCC(C2)C1. The smallest absolute Gasteiger partial charge is 0.336 e. The van der Waals surface area contributed by atoms with Crippen molar-refractivity contribution < 1.29 is 14.6 Å². The third-order valence-corrected chi connectivity index (χ3v) is 2.75. The number of aliphatic hydroxyl groups excluding tert-OH is 1. The zero-order valence-corrected chi connectivity index (χ0v) is 6.88. The minimum Gasteiger partial charge on any atom is -0.435 e. The molecule has 2 aliphatic rings. The molecule has 0 aromatic rings. The Labute approximate surface area is 71.0 Å². The van der Waals surface area contributed by atoms with Gasteiger partial charge in [0.05, 0.1) is 0 Å². The van der Waals surface area contributed by atoms with E-state index >= 15 is 0 Å². The number of carbonyl (C=O) groups excluding carboxylic acids is 1. The van der Waals surface area contributed by atoms with Crippen LogP contribution in [0, 0.1) is 5.92 Å². The van der Waals surface area contributed by atoms with Crippen LogP contribution in [0.5, 0.6) is 0 Å². The van der Waals surface area contributed by atoms with Crippen molar-refractivity contribution in [2.75, 3.05) is 6.79 Å². The fourth-order valence-electron chi connectivity index (χ4n) is 2.19. The van der Waals surface area contributed by atoms with E-state index in [9.17, 15) is 4.79 Å². The Hall–Kier alpha value is -0.830. The van der Waals surface area contributed by atoms with Crippen molar-refractivity contribution in [2.24, 2.45) is 5.92 Å². The number of aliphatic hydroxyl groups is 1. The summed E-state index contributed by atoms with van der Waals surface area (Å²) in [6.45, 7) is -0.500. The van der Waals surface area contributed by atoms with Crippen molar-refractivity contribution in [3.8, 4) is 0 Å². The molecular weight excluding hydrogens is 156 g/mol. The fraction of sp³-hybridized carbons (Fsp3) is 0.667. The fourth-order valence-corrected chi connectivity index (χ4v) is 2.19. The molecule has 0 aromatic heterocycles. The lowest BCUT2D eigenvalue weighted by Gasteiger charge is -2.09. The second-order valence-electron chi connectivity index (χ2n) is 3.46. The number of fused-ring (bicyclic) bond motifs is 2. The molecule has 2 bridgehead atoms. The Morgan fingerprint density at radius 2 is 2.42 bits per heavy atom. The van der Waals surface area contributed by atoms with E-state index in [0.717, 1.165) is 24.8 Å². The summed E-state index contributed by atoms with van der Waals surface area (Å²) in [7, 11) is 0. The number of hydrogen-bond donors (Lipinski definition) is 1. The molecular formula is C9H12O3. The largest absolute Gasteiger partial charge is 0.435 e. The van der Waals surface area contributed by atoms with Crippen LogP contribution in [-0.2, 0) is 9.53 Å². The van der Waals surface area contributed by atoms with Crippen molar-refractivity contribution in [1.29, 1.82) is 0 Å². The highest BCUT2D eigenvalue weighted by Crippen LogP contribution is 2.44. The van der Waals surface area contributed by atoms with E-state index in [1.807, 2.05) is 0 Å². The van der Waals surface area contributed by atoms with Gasteiger partial charge in [-0.1, -0.05) is 5.57 Å². The molecule has 3 nitrogen and oxygen atoms in total. The predicted octanol–water partition coefficient (Wildman–Crippen LogP) is 0.980. The van der Waals surface area contributed by atoms with Gasteiger partial charge in [-0.2, -0.15) is 0 Å². The molecule has 1 fully saturated rings. The Bertz CT molecular complexity index is 242. The van der Waals surface area contributed by atoms with Crippen molar-refractivity contribution in [3.05, 3.63) is 11.1 Å².